The fourth-order valence-corrected chi connectivity index (χ4v) is 2.55. The van der Waals surface area contributed by atoms with Gasteiger partial charge >= 0.3 is 0 Å². The second-order valence-electron chi connectivity index (χ2n) is 5.31. The molecule has 0 spiro atoms. The molecule has 0 atom stereocenters. The van der Waals surface area contributed by atoms with Crippen molar-refractivity contribution in [3.05, 3.63) is 36.7 Å². The highest BCUT2D eigenvalue weighted by Crippen LogP contribution is 2.17. The molecule has 3 rings (SSSR count). The topological polar surface area (TPSA) is 50.9 Å². The minimum Gasteiger partial charge on any atom is -0.349 e. The first kappa shape index (κ1) is 15.9. The normalized spacial score (nSPS) is 14.1. The third-order valence-electron chi connectivity index (χ3n) is 3.61. The Morgan fingerprint density at radius 1 is 1.05 bits per heavy atom. The lowest BCUT2D eigenvalue weighted by Gasteiger charge is -2.06. The van der Waals surface area contributed by atoms with E-state index >= 15 is 0 Å². The van der Waals surface area contributed by atoms with Crippen molar-refractivity contribution in [1.29, 1.82) is 0 Å². The van der Waals surface area contributed by atoms with E-state index in [1.165, 1.54) is 38.5 Å². The molecule has 1 aromatic carbocycles. The number of anilines is 1. The maximum Gasteiger partial charge on any atom is 0.0935 e. The van der Waals surface area contributed by atoms with E-state index in [9.17, 15) is 0 Å². The molecule has 2 aromatic rings. The zero-order valence-electron chi connectivity index (χ0n) is 12.3. The van der Waals surface area contributed by atoms with E-state index in [2.05, 4.69) is 10.3 Å². The molecular weight excluding hydrogens is 278 g/mol. The molecule has 0 aliphatic heterocycles. The van der Waals surface area contributed by atoms with Crippen molar-refractivity contribution in [2.24, 2.45) is 5.73 Å². The molecule has 1 aromatic heterocycles. The molecule has 0 bridgehead atoms. The monoisotopic (exact) mass is 301 g/mol. The summed E-state index contributed by atoms with van der Waals surface area (Å²) in [6.45, 7) is 0.365. The third-order valence-corrected chi connectivity index (χ3v) is 3.88. The van der Waals surface area contributed by atoms with Gasteiger partial charge in [-0.3, -0.25) is 4.98 Å². The summed E-state index contributed by atoms with van der Waals surface area (Å²) in [5.41, 5.74) is 6.38. The molecule has 1 heterocycles. The van der Waals surface area contributed by atoms with Crippen LogP contribution >= 0.6 is 12.2 Å². The second-order valence-corrected chi connectivity index (χ2v) is 5.80. The number of hydrogen-bond acceptors (Lipinski definition) is 3. The van der Waals surface area contributed by atoms with Crippen molar-refractivity contribution in [2.45, 2.75) is 38.5 Å². The molecule has 3 nitrogen and oxygen atoms in total. The Kier molecular flexibility index (Phi) is 6.57. The molecule has 1 saturated carbocycles. The van der Waals surface area contributed by atoms with Gasteiger partial charge in [-0.15, -0.1) is 0 Å². The molecule has 21 heavy (non-hydrogen) atoms. The highest BCUT2D eigenvalue weighted by Gasteiger charge is 1.97. The van der Waals surface area contributed by atoms with Crippen LogP contribution in [0.25, 0.3) is 10.8 Å². The zero-order valence-corrected chi connectivity index (χ0v) is 13.2. The van der Waals surface area contributed by atoms with Crippen LogP contribution in [0.3, 0.4) is 0 Å². The van der Waals surface area contributed by atoms with Crippen LogP contribution in [-0.2, 0) is 0 Å². The smallest absolute Gasteiger partial charge is 0.0935 e. The summed E-state index contributed by atoms with van der Waals surface area (Å²) >= 11 is 5.01. The van der Waals surface area contributed by atoms with Crippen LogP contribution in [-0.4, -0.2) is 16.5 Å². The predicted molar refractivity (Wildman–Crippen MR) is 94.7 cm³/mol. The van der Waals surface area contributed by atoms with Crippen LogP contribution in [0.1, 0.15) is 38.5 Å². The van der Waals surface area contributed by atoms with Gasteiger partial charge in [0.2, 0.25) is 0 Å². The van der Waals surface area contributed by atoms with Crippen LogP contribution in [0, 0.1) is 0 Å². The standard InChI is InChI=1S/C11H11N3S.C6H12/c12-6-11(15)14-10-2-1-9-7-13-4-3-8(9)5-10;1-2-4-6-5-3-1/h1-5,7H,6,12H2,(H,14,15);1-6H2. The molecule has 0 amide bonds. The van der Waals surface area contributed by atoms with E-state index in [-0.39, 0.29) is 0 Å². The van der Waals surface area contributed by atoms with Crippen molar-refractivity contribution in [3.8, 4) is 0 Å². The van der Waals surface area contributed by atoms with Gasteiger partial charge < -0.3 is 11.1 Å². The summed E-state index contributed by atoms with van der Waals surface area (Å²) < 4.78 is 0. The van der Waals surface area contributed by atoms with E-state index in [1.54, 1.807) is 6.20 Å². The van der Waals surface area contributed by atoms with Crippen molar-refractivity contribution in [1.82, 2.24) is 4.98 Å². The van der Waals surface area contributed by atoms with Crippen LogP contribution < -0.4 is 11.1 Å². The summed E-state index contributed by atoms with van der Waals surface area (Å²) in [6, 6.07) is 7.96. The Morgan fingerprint density at radius 3 is 2.33 bits per heavy atom. The molecule has 112 valence electrons. The predicted octanol–water partition coefficient (Wildman–Crippen LogP) is 4.27. The van der Waals surface area contributed by atoms with E-state index in [4.69, 9.17) is 18.0 Å². The largest absolute Gasteiger partial charge is 0.349 e. The van der Waals surface area contributed by atoms with Gasteiger partial charge in [-0.2, -0.15) is 0 Å². The van der Waals surface area contributed by atoms with Gasteiger partial charge in [0.15, 0.2) is 0 Å². The minimum atomic E-state index is 0.365. The lowest BCUT2D eigenvalue weighted by molar-refractivity contribution is 0.504. The number of pyridine rings is 1. The number of nitrogens with one attached hydrogen (secondary N) is 1. The fraction of sp³-hybridized carbons (Fsp3) is 0.412. The third kappa shape index (κ3) is 5.40. The van der Waals surface area contributed by atoms with Gasteiger partial charge in [0, 0.05) is 30.0 Å². The van der Waals surface area contributed by atoms with E-state index in [0.29, 0.717) is 11.5 Å². The molecule has 3 N–H and O–H groups in total. The Balaban J connectivity index is 0.000000225. The quantitative estimate of drug-likeness (QED) is 0.813. The number of benzene rings is 1. The van der Waals surface area contributed by atoms with Gasteiger partial charge in [-0.1, -0.05) is 56.8 Å². The van der Waals surface area contributed by atoms with Gasteiger partial charge in [0.05, 0.1) is 4.99 Å². The summed E-state index contributed by atoms with van der Waals surface area (Å²) in [5.74, 6) is 0. The van der Waals surface area contributed by atoms with Crippen molar-refractivity contribution in [3.63, 3.8) is 0 Å². The van der Waals surface area contributed by atoms with Gasteiger partial charge in [0.25, 0.3) is 0 Å². The van der Waals surface area contributed by atoms with Crippen LogP contribution in [0.15, 0.2) is 36.7 Å². The lowest BCUT2D eigenvalue weighted by Crippen LogP contribution is -2.19. The molecule has 0 radical (unpaired) electrons. The number of hydrogen-bond donors (Lipinski definition) is 2. The first-order valence-electron chi connectivity index (χ1n) is 7.63. The summed E-state index contributed by atoms with van der Waals surface area (Å²) in [5, 5.41) is 5.32. The Hall–Kier alpha value is -1.52. The summed E-state index contributed by atoms with van der Waals surface area (Å²) in [7, 11) is 0. The molecule has 1 aliphatic carbocycles. The SMILES string of the molecule is C1CCCCC1.NCC(=S)Nc1ccc2cnccc2c1. The zero-order chi connectivity index (χ0) is 14.9. The fourth-order valence-electron chi connectivity index (χ4n) is 2.43. The number of rotatable bonds is 2. The molecule has 0 saturated heterocycles. The Morgan fingerprint density at radius 2 is 1.71 bits per heavy atom. The second kappa shape index (κ2) is 8.70. The molecule has 0 unspecified atom stereocenters. The van der Waals surface area contributed by atoms with Crippen LogP contribution in [0.5, 0.6) is 0 Å². The maximum atomic E-state index is 5.42. The highest BCUT2D eigenvalue weighted by molar-refractivity contribution is 7.80. The van der Waals surface area contributed by atoms with Gasteiger partial charge in [-0.25, -0.2) is 0 Å². The van der Waals surface area contributed by atoms with Crippen LogP contribution in [0.2, 0.25) is 0 Å². The molecule has 1 fully saturated rings. The number of fused-ring (bicyclic) bond motifs is 1. The number of nitrogens with zero attached hydrogens (tertiary/aromatic N) is 1. The first-order chi connectivity index (χ1) is 10.3. The van der Waals surface area contributed by atoms with Crippen molar-refractivity contribution >= 4 is 33.7 Å². The van der Waals surface area contributed by atoms with E-state index in [0.717, 1.165) is 16.5 Å². The minimum absolute atomic E-state index is 0.365. The molecular formula is C17H23N3S. The molecule has 4 heteroatoms. The Bertz CT molecular complexity index is 568. The van der Waals surface area contributed by atoms with Crippen molar-refractivity contribution in [2.75, 3.05) is 11.9 Å². The maximum absolute atomic E-state index is 5.42. The Labute approximate surface area is 132 Å². The molecule has 1 aliphatic rings. The number of aromatic nitrogens is 1. The average molecular weight is 301 g/mol. The van der Waals surface area contributed by atoms with E-state index < -0.39 is 0 Å². The summed E-state index contributed by atoms with van der Waals surface area (Å²) in [4.78, 5) is 4.70. The van der Waals surface area contributed by atoms with Crippen LogP contribution in [0.4, 0.5) is 5.69 Å². The summed E-state index contributed by atoms with van der Waals surface area (Å²) in [6.07, 6.45) is 12.6. The number of thiocarbonyl (C=S) groups is 1. The average Bonchev–Trinajstić information content (AvgIpc) is 2.57. The number of nitrogens with two attached hydrogens (primary N) is 1. The first-order valence-corrected chi connectivity index (χ1v) is 8.04. The van der Waals surface area contributed by atoms with Crippen molar-refractivity contribution < 1.29 is 0 Å². The van der Waals surface area contributed by atoms with Gasteiger partial charge in [0.1, 0.15) is 0 Å². The highest BCUT2D eigenvalue weighted by atomic mass is 32.1. The van der Waals surface area contributed by atoms with Gasteiger partial charge in [-0.05, 0) is 23.6 Å². The lowest BCUT2D eigenvalue weighted by atomic mass is 10.0. The van der Waals surface area contributed by atoms with E-state index in [1.807, 2.05) is 30.5 Å².